The van der Waals surface area contributed by atoms with Crippen molar-refractivity contribution in [3.8, 4) is 0 Å². The second-order valence-electron chi connectivity index (χ2n) is 4.45. The number of amides is 1. The van der Waals surface area contributed by atoms with Crippen molar-refractivity contribution in [2.45, 2.75) is 40.3 Å². The third-order valence-corrected chi connectivity index (χ3v) is 2.79. The lowest BCUT2D eigenvalue weighted by Gasteiger charge is -2.21. The van der Waals surface area contributed by atoms with Gasteiger partial charge in [0, 0.05) is 13.1 Å². The van der Waals surface area contributed by atoms with Gasteiger partial charge in [-0.05, 0) is 27.7 Å². The molecule has 0 aromatic carbocycles. The number of nitrogens with one attached hydrogen (secondary N) is 1. The van der Waals surface area contributed by atoms with Gasteiger partial charge in [-0.2, -0.15) is 0 Å². The van der Waals surface area contributed by atoms with E-state index in [0.29, 0.717) is 19.0 Å². The van der Waals surface area contributed by atoms with E-state index in [1.54, 1.807) is 11.9 Å². The summed E-state index contributed by atoms with van der Waals surface area (Å²) in [7, 11) is 1.80. The minimum atomic E-state index is 0.0694. The molecule has 1 amide bonds. The Kier molecular flexibility index (Phi) is 4.69. The zero-order valence-electron chi connectivity index (χ0n) is 11.2. The number of nitrogens with zero attached hydrogens (tertiary/aromatic N) is 2. The molecule has 0 saturated carbocycles. The minimum Gasteiger partial charge on any atom is -0.444 e. The van der Waals surface area contributed by atoms with Crippen molar-refractivity contribution in [1.29, 1.82) is 0 Å². The maximum atomic E-state index is 11.7. The molecular formula is C12H21N3O2. The first-order chi connectivity index (χ1) is 7.91. The summed E-state index contributed by atoms with van der Waals surface area (Å²) in [6.45, 7) is 8.53. The van der Waals surface area contributed by atoms with Crippen LogP contribution in [0, 0.1) is 13.8 Å². The number of carbonyl (C=O) groups excluding carboxylic acids is 1. The molecule has 1 heterocycles. The van der Waals surface area contributed by atoms with E-state index in [1.165, 1.54) is 0 Å². The maximum absolute atomic E-state index is 11.7. The molecule has 17 heavy (non-hydrogen) atoms. The van der Waals surface area contributed by atoms with Gasteiger partial charge in [-0.1, -0.05) is 0 Å². The van der Waals surface area contributed by atoms with Gasteiger partial charge in [0.2, 0.25) is 11.8 Å². The van der Waals surface area contributed by atoms with Crippen molar-refractivity contribution in [3.05, 3.63) is 17.3 Å². The van der Waals surface area contributed by atoms with Crippen LogP contribution in [0.5, 0.6) is 0 Å². The van der Waals surface area contributed by atoms with Crippen molar-refractivity contribution in [2.24, 2.45) is 0 Å². The fraction of sp³-hybridized carbons (Fsp3) is 0.667. The Morgan fingerprint density at radius 2 is 2.12 bits per heavy atom. The molecule has 5 nitrogen and oxygen atoms in total. The SMILES string of the molecule is Cc1nc(CNCC(=O)N(C)C(C)C)oc1C. The van der Waals surface area contributed by atoms with Gasteiger partial charge in [-0.15, -0.1) is 0 Å². The summed E-state index contributed by atoms with van der Waals surface area (Å²) in [5.74, 6) is 1.52. The van der Waals surface area contributed by atoms with Gasteiger partial charge in [-0.3, -0.25) is 10.1 Å². The van der Waals surface area contributed by atoms with Crippen LogP contribution in [0.15, 0.2) is 4.42 Å². The quantitative estimate of drug-likeness (QED) is 0.840. The van der Waals surface area contributed by atoms with Crippen LogP contribution in [-0.2, 0) is 11.3 Å². The molecule has 96 valence electrons. The van der Waals surface area contributed by atoms with Crippen LogP contribution in [0.3, 0.4) is 0 Å². The van der Waals surface area contributed by atoms with Gasteiger partial charge in [0.1, 0.15) is 5.76 Å². The molecule has 1 N–H and O–H groups in total. The monoisotopic (exact) mass is 239 g/mol. The maximum Gasteiger partial charge on any atom is 0.236 e. The molecule has 1 aromatic heterocycles. The first-order valence-electron chi connectivity index (χ1n) is 5.81. The molecule has 1 aromatic rings. The number of likely N-dealkylation sites (N-methyl/N-ethyl adjacent to an activating group) is 1. The Balaban J connectivity index is 2.35. The number of aryl methyl sites for hydroxylation is 2. The van der Waals surface area contributed by atoms with Crippen LogP contribution in [-0.4, -0.2) is 35.4 Å². The normalized spacial score (nSPS) is 10.9. The predicted octanol–water partition coefficient (Wildman–Crippen LogP) is 1.25. The van der Waals surface area contributed by atoms with Crippen molar-refractivity contribution >= 4 is 5.91 Å². The molecule has 1 rings (SSSR count). The fourth-order valence-corrected chi connectivity index (χ4v) is 1.30. The second-order valence-corrected chi connectivity index (χ2v) is 4.45. The minimum absolute atomic E-state index is 0.0694. The average molecular weight is 239 g/mol. The summed E-state index contributed by atoms with van der Waals surface area (Å²) in [6.07, 6.45) is 0. The van der Waals surface area contributed by atoms with Crippen LogP contribution in [0.4, 0.5) is 0 Å². The van der Waals surface area contributed by atoms with E-state index < -0.39 is 0 Å². The zero-order valence-corrected chi connectivity index (χ0v) is 11.2. The average Bonchev–Trinajstić information content (AvgIpc) is 2.57. The largest absolute Gasteiger partial charge is 0.444 e. The van der Waals surface area contributed by atoms with Gasteiger partial charge < -0.3 is 9.32 Å². The highest BCUT2D eigenvalue weighted by Crippen LogP contribution is 2.07. The Bertz CT molecular complexity index is 366. The Hall–Kier alpha value is -1.36. The van der Waals surface area contributed by atoms with E-state index >= 15 is 0 Å². The van der Waals surface area contributed by atoms with E-state index in [0.717, 1.165) is 11.5 Å². The Morgan fingerprint density at radius 3 is 2.59 bits per heavy atom. The van der Waals surface area contributed by atoms with Crippen LogP contribution in [0.2, 0.25) is 0 Å². The summed E-state index contributed by atoms with van der Waals surface area (Å²) < 4.78 is 5.41. The second kappa shape index (κ2) is 5.82. The first kappa shape index (κ1) is 13.7. The highest BCUT2D eigenvalue weighted by atomic mass is 16.4. The summed E-state index contributed by atoms with van der Waals surface area (Å²) in [4.78, 5) is 17.6. The summed E-state index contributed by atoms with van der Waals surface area (Å²) in [6, 6.07) is 0.218. The fourth-order valence-electron chi connectivity index (χ4n) is 1.30. The van der Waals surface area contributed by atoms with Gasteiger partial charge in [0.15, 0.2) is 0 Å². The lowest BCUT2D eigenvalue weighted by molar-refractivity contribution is -0.130. The lowest BCUT2D eigenvalue weighted by atomic mass is 10.3. The number of carbonyl (C=O) groups is 1. The Morgan fingerprint density at radius 1 is 1.47 bits per heavy atom. The topological polar surface area (TPSA) is 58.4 Å². The highest BCUT2D eigenvalue weighted by molar-refractivity contribution is 5.78. The number of hydrogen-bond acceptors (Lipinski definition) is 4. The van der Waals surface area contributed by atoms with Crippen molar-refractivity contribution < 1.29 is 9.21 Å². The number of aromatic nitrogens is 1. The molecule has 5 heteroatoms. The van der Waals surface area contributed by atoms with E-state index in [2.05, 4.69) is 10.3 Å². The van der Waals surface area contributed by atoms with Gasteiger partial charge in [-0.25, -0.2) is 4.98 Å². The van der Waals surface area contributed by atoms with E-state index in [1.807, 2.05) is 27.7 Å². The molecule has 0 fully saturated rings. The summed E-state index contributed by atoms with van der Waals surface area (Å²) in [5, 5.41) is 3.03. The van der Waals surface area contributed by atoms with Gasteiger partial charge >= 0.3 is 0 Å². The molecule has 0 aliphatic rings. The molecule has 0 radical (unpaired) electrons. The molecule has 0 bridgehead atoms. The first-order valence-corrected chi connectivity index (χ1v) is 5.81. The van der Waals surface area contributed by atoms with E-state index in [4.69, 9.17) is 4.42 Å². The number of hydrogen-bond donors (Lipinski definition) is 1. The molecule has 0 aliphatic carbocycles. The van der Waals surface area contributed by atoms with Gasteiger partial charge in [0.05, 0.1) is 18.8 Å². The summed E-state index contributed by atoms with van der Waals surface area (Å²) >= 11 is 0. The molecule has 0 spiro atoms. The van der Waals surface area contributed by atoms with Gasteiger partial charge in [0.25, 0.3) is 0 Å². The highest BCUT2D eigenvalue weighted by Gasteiger charge is 2.12. The van der Waals surface area contributed by atoms with Crippen molar-refractivity contribution in [2.75, 3.05) is 13.6 Å². The van der Waals surface area contributed by atoms with Crippen LogP contribution in [0.1, 0.15) is 31.2 Å². The van der Waals surface area contributed by atoms with Crippen LogP contribution in [0.25, 0.3) is 0 Å². The van der Waals surface area contributed by atoms with Crippen LogP contribution < -0.4 is 5.32 Å². The van der Waals surface area contributed by atoms with Crippen molar-refractivity contribution in [3.63, 3.8) is 0 Å². The smallest absolute Gasteiger partial charge is 0.236 e. The van der Waals surface area contributed by atoms with Crippen molar-refractivity contribution in [1.82, 2.24) is 15.2 Å². The van der Waals surface area contributed by atoms with E-state index in [9.17, 15) is 4.79 Å². The number of oxazole rings is 1. The molecular weight excluding hydrogens is 218 g/mol. The molecule has 0 unspecified atom stereocenters. The van der Waals surface area contributed by atoms with Crippen LogP contribution >= 0.6 is 0 Å². The third-order valence-electron chi connectivity index (χ3n) is 2.79. The molecule has 0 aliphatic heterocycles. The number of rotatable bonds is 5. The molecule has 0 saturated heterocycles. The Labute approximate surface area is 102 Å². The zero-order chi connectivity index (χ0) is 13.0. The third kappa shape index (κ3) is 3.85. The standard InChI is InChI=1S/C12H21N3O2/c1-8(2)15(5)12(16)7-13-6-11-14-9(3)10(4)17-11/h8,13H,6-7H2,1-5H3. The lowest BCUT2D eigenvalue weighted by Crippen LogP contribution is -2.39. The predicted molar refractivity (Wildman–Crippen MR) is 65.6 cm³/mol. The molecule has 0 atom stereocenters. The van der Waals surface area contributed by atoms with E-state index in [-0.39, 0.29) is 11.9 Å². The summed E-state index contributed by atoms with van der Waals surface area (Å²) in [5.41, 5.74) is 0.896.